The van der Waals surface area contributed by atoms with Gasteiger partial charge >= 0.3 is 0 Å². The molecule has 3 heterocycles. The summed E-state index contributed by atoms with van der Waals surface area (Å²) < 4.78 is 11.4. The van der Waals surface area contributed by atoms with E-state index in [9.17, 15) is 0 Å². The van der Waals surface area contributed by atoms with Crippen molar-refractivity contribution in [2.45, 2.75) is 39.8 Å². The average Bonchev–Trinajstić information content (AvgIpc) is 3.17. The molecular weight excluding hydrogens is 436 g/mol. The Balaban J connectivity index is 0. The molecule has 1 aromatic rings. The Hall–Kier alpha value is -0.456. The van der Waals surface area contributed by atoms with Gasteiger partial charge < -0.3 is 46.7 Å². The molecule has 2 aliphatic rings. The maximum atomic E-state index is 5.70. The van der Waals surface area contributed by atoms with Crippen LogP contribution >= 0.6 is 0 Å². The molecule has 0 aliphatic carbocycles. The number of ether oxygens (including phenoxy) is 2. The summed E-state index contributed by atoms with van der Waals surface area (Å²) in [5.41, 5.74) is 1.50. The number of nitrogens with zero attached hydrogens (tertiary/aromatic N) is 3. The van der Waals surface area contributed by atoms with Crippen molar-refractivity contribution >= 4 is 11.8 Å². The second-order valence-corrected chi connectivity index (χ2v) is 6.52. The van der Waals surface area contributed by atoms with E-state index in [1.165, 1.54) is 0 Å². The maximum absolute atomic E-state index is 5.70. The summed E-state index contributed by atoms with van der Waals surface area (Å²) in [4.78, 5) is 13.9. The molecule has 1 aromatic heterocycles. The third-order valence-electron chi connectivity index (χ3n) is 4.07. The molecule has 5 nitrogen and oxygen atoms in total. The van der Waals surface area contributed by atoms with Crippen LogP contribution < -0.4 is 37.2 Å². The fraction of sp³-hybridized carbons (Fsp3) is 0.588. The molecule has 2 atom stereocenters. The number of rotatable bonds is 4. The van der Waals surface area contributed by atoms with E-state index in [0.717, 1.165) is 11.4 Å². The molecular formula is C17H23Cl3N3O2V-3. The van der Waals surface area contributed by atoms with Crippen molar-refractivity contribution in [2.75, 3.05) is 13.2 Å². The zero-order chi connectivity index (χ0) is 15.7. The predicted molar refractivity (Wildman–Crippen MR) is 86.5 cm³/mol. The fourth-order valence-corrected chi connectivity index (χ4v) is 2.42. The van der Waals surface area contributed by atoms with Crippen LogP contribution in [0.1, 0.15) is 39.1 Å². The molecule has 0 amide bonds. The van der Waals surface area contributed by atoms with Crippen LogP contribution in [0, 0.1) is 11.8 Å². The summed E-state index contributed by atoms with van der Waals surface area (Å²) in [6, 6.07) is 6.21. The van der Waals surface area contributed by atoms with E-state index in [1.807, 2.05) is 18.2 Å². The van der Waals surface area contributed by atoms with Crippen molar-refractivity contribution in [3.05, 3.63) is 29.6 Å². The van der Waals surface area contributed by atoms with E-state index in [0.29, 0.717) is 36.8 Å². The topological polar surface area (TPSA) is 56.1 Å². The summed E-state index contributed by atoms with van der Waals surface area (Å²) in [6.07, 6.45) is 0. The van der Waals surface area contributed by atoms with E-state index in [1.54, 1.807) is 0 Å². The number of halogens is 3. The monoisotopic (exact) mass is 457 g/mol. The van der Waals surface area contributed by atoms with Crippen molar-refractivity contribution in [3.63, 3.8) is 0 Å². The summed E-state index contributed by atoms with van der Waals surface area (Å²) in [5.74, 6) is 2.18. The summed E-state index contributed by atoms with van der Waals surface area (Å²) in [7, 11) is 0. The third kappa shape index (κ3) is 6.31. The van der Waals surface area contributed by atoms with Gasteiger partial charge in [-0.1, -0.05) is 33.8 Å². The van der Waals surface area contributed by atoms with E-state index in [2.05, 4.69) is 42.7 Å². The number of aromatic nitrogens is 1. The molecule has 0 bridgehead atoms. The van der Waals surface area contributed by atoms with Gasteiger partial charge in [0.1, 0.15) is 24.6 Å². The Labute approximate surface area is 186 Å². The Bertz CT molecular complexity index is 578. The Morgan fingerprint density at radius 1 is 0.808 bits per heavy atom. The molecule has 147 valence electrons. The van der Waals surface area contributed by atoms with E-state index >= 15 is 0 Å². The normalized spacial score (nSPS) is 20.5. The van der Waals surface area contributed by atoms with Crippen molar-refractivity contribution in [3.8, 4) is 0 Å². The van der Waals surface area contributed by atoms with Gasteiger partial charge in [0.2, 0.25) is 11.8 Å². The third-order valence-corrected chi connectivity index (χ3v) is 4.07. The van der Waals surface area contributed by atoms with Crippen molar-refractivity contribution in [1.82, 2.24) is 4.98 Å². The average molecular weight is 459 g/mol. The number of hydrogen-bond donors (Lipinski definition) is 0. The van der Waals surface area contributed by atoms with Gasteiger partial charge in [0.15, 0.2) is 0 Å². The first-order valence-electron chi connectivity index (χ1n) is 7.93. The Morgan fingerprint density at radius 3 is 1.50 bits per heavy atom. The van der Waals surface area contributed by atoms with Gasteiger partial charge in [-0.3, -0.25) is 0 Å². The van der Waals surface area contributed by atoms with Crippen molar-refractivity contribution < 1.29 is 65.3 Å². The van der Waals surface area contributed by atoms with Crippen LogP contribution in [0.5, 0.6) is 0 Å². The van der Waals surface area contributed by atoms with Crippen LogP contribution in [0.3, 0.4) is 0 Å². The van der Waals surface area contributed by atoms with Crippen LogP contribution in [-0.4, -0.2) is 42.1 Å². The zero-order valence-electron chi connectivity index (χ0n) is 15.2. The molecule has 0 aromatic carbocycles. The number of hydrogen-bond acceptors (Lipinski definition) is 5. The van der Waals surface area contributed by atoms with Gasteiger partial charge in [0, 0.05) is 18.6 Å². The number of pyridine rings is 1. The molecule has 0 N–H and O–H groups in total. The van der Waals surface area contributed by atoms with E-state index < -0.39 is 0 Å². The van der Waals surface area contributed by atoms with Gasteiger partial charge in [-0.25, -0.2) is 15.0 Å². The summed E-state index contributed by atoms with van der Waals surface area (Å²) in [5, 5.41) is 0. The minimum absolute atomic E-state index is 0. The molecule has 0 fully saturated rings. The van der Waals surface area contributed by atoms with Gasteiger partial charge in [0.25, 0.3) is 0 Å². The standard InChI is InChI=1S/C17H23N3O2.3ClH.V/c1-10(2)14-8-21-16(19-14)12-6-5-7-13(18-12)17-20-15(9-22-17)11(3)4;;;;/h5-7,10-11,14-15H,8-9H2,1-4H3;3*1H;/p-3/t14-,15-;;;;/m0..../s1. The van der Waals surface area contributed by atoms with Gasteiger partial charge in [-0.2, -0.15) is 0 Å². The second-order valence-electron chi connectivity index (χ2n) is 6.52. The first-order chi connectivity index (χ1) is 10.5. The quantitative estimate of drug-likeness (QED) is 0.451. The maximum Gasteiger partial charge on any atom is 0.235 e. The molecule has 9 heteroatoms. The van der Waals surface area contributed by atoms with Gasteiger partial charge in [-0.05, 0) is 24.0 Å². The molecule has 0 spiro atoms. The predicted octanol–water partition coefficient (Wildman–Crippen LogP) is -6.31. The van der Waals surface area contributed by atoms with Gasteiger partial charge in [0.05, 0.1) is 12.1 Å². The Morgan fingerprint density at radius 2 is 1.19 bits per heavy atom. The molecule has 3 rings (SSSR count). The van der Waals surface area contributed by atoms with E-state index in [-0.39, 0.29) is 67.9 Å². The second kappa shape index (κ2) is 12.1. The van der Waals surface area contributed by atoms with Crippen LogP contribution in [0.2, 0.25) is 0 Å². The fourth-order valence-electron chi connectivity index (χ4n) is 2.42. The molecule has 0 saturated carbocycles. The SMILES string of the molecule is CC(C)[C@@H]1COC(c2cccc(C3=N[C@H](C(C)C)CO3)n2)=N1.[Cl-].[Cl-].[Cl-].[V]. The van der Waals surface area contributed by atoms with Crippen molar-refractivity contribution in [2.24, 2.45) is 21.8 Å². The largest absolute Gasteiger partial charge is 1.00 e. The molecule has 0 unspecified atom stereocenters. The molecule has 26 heavy (non-hydrogen) atoms. The first-order valence-corrected chi connectivity index (χ1v) is 7.93. The first kappa shape index (κ1) is 27.8. The molecule has 1 radical (unpaired) electrons. The van der Waals surface area contributed by atoms with E-state index in [4.69, 9.17) is 9.47 Å². The van der Waals surface area contributed by atoms with Crippen LogP contribution in [0.4, 0.5) is 0 Å². The summed E-state index contributed by atoms with van der Waals surface area (Å²) >= 11 is 0. The smallest absolute Gasteiger partial charge is 0.235 e. The van der Waals surface area contributed by atoms with Crippen molar-refractivity contribution in [1.29, 1.82) is 0 Å². The minimum atomic E-state index is 0. The summed E-state index contributed by atoms with van der Waals surface area (Å²) in [6.45, 7) is 9.86. The van der Waals surface area contributed by atoms with Crippen LogP contribution in [-0.2, 0) is 28.0 Å². The molecule has 2 aliphatic heterocycles. The van der Waals surface area contributed by atoms with Gasteiger partial charge in [-0.15, -0.1) is 0 Å². The van der Waals surface area contributed by atoms with Crippen LogP contribution in [0.25, 0.3) is 0 Å². The zero-order valence-corrected chi connectivity index (χ0v) is 18.9. The number of aliphatic imine (C=N–C) groups is 2. The minimum Gasteiger partial charge on any atom is -1.00 e. The molecule has 0 saturated heterocycles. The Kier molecular flexibility index (Phi) is 12.9. The van der Waals surface area contributed by atoms with Crippen LogP contribution in [0.15, 0.2) is 28.2 Å².